The van der Waals surface area contributed by atoms with E-state index in [0.29, 0.717) is 13.2 Å². The van der Waals surface area contributed by atoms with Crippen molar-refractivity contribution in [2.24, 2.45) is 12.8 Å². The minimum Gasteiger partial charge on any atom is -0.383 e. The van der Waals surface area contributed by atoms with E-state index in [1.165, 1.54) is 5.56 Å². The standard InChI is InChI=1S/C14H28N4O2/c1-11(15)10-13-12(2)16-17(3)14(13)18(6-8-19-4)7-9-20-5/h11H,6-10,15H2,1-5H3. The minimum absolute atomic E-state index is 0.114. The summed E-state index contributed by atoms with van der Waals surface area (Å²) >= 11 is 0. The van der Waals surface area contributed by atoms with Gasteiger partial charge in [0.05, 0.1) is 18.9 Å². The Bertz CT molecular complexity index is 396. The fraction of sp³-hybridized carbons (Fsp3) is 0.786. The fourth-order valence-electron chi connectivity index (χ4n) is 2.37. The summed E-state index contributed by atoms with van der Waals surface area (Å²) in [6, 6.07) is 0.114. The molecular formula is C14H28N4O2. The van der Waals surface area contributed by atoms with Crippen LogP contribution in [0.25, 0.3) is 0 Å². The predicted octanol–water partition coefficient (Wildman–Crippen LogP) is 0.717. The molecule has 0 aliphatic heterocycles. The van der Waals surface area contributed by atoms with Gasteiger partial charge in [0, 0.05) is 46.0 Å². The first-order chi connectivity index (χ1) is 9.51. The summed E-state index contributed by atoms with van der Waals surface area (Å²) in [6.07, 6.45) is 0.825. The Balaban J connectivity index is 3.02. The first kappa shape index (κ1) is 16.9. The zero-order chi connectivity index (χ0) is 15.1. The number of methoxy groups -OCH3 is 2. The van der Waals surface area contributed by atoms with Crippen LogP contribution in [0.1, 0.15) is 18.2 Å². The third-order valence-corrected chi connectivity index (χ3v) is 3.27. The molecule has 0 saturated carbocycles. The molecule has 1 aromatic rings. The monoisotopic (exact) mass is 284 g/mol. The smallest absolute Gasteiger partial charge is 0.130 e. The lowest BCUT2D eigenvalue weighted by Crippen LogP contribution is -2.33. The first-order valence-electron chi connectivity index (χ1n) is 7.02. The molecule has 0 amide bonds. The maximum Gasteiger partial charge on any atom is 0.130 e. The Morgan fingerprint density at radius 2 is 1.80 bits per heavy atom. The molecule has 0 spiro atoms. The summed E-state index contributed by atoms with van der Waals surface area (Å²) in [5, 5.41) is 4.54. The second kappa shape index (κ2) is 8.24. The van der Waals surface area contributed by atoms with Crippen molar-refractivity contribution in [1.29, 1.82) is 0 Å². The van der Waals surface area contributed by atoms with Crippen molar-refractivity contribution in [2.75, 3.05) is 45.4 Å². The van der Waals surface area contributed by atoms with Gasteiger partial charge in [-0.3, -0.25) is 4.68 Å². The Kier molecular flexibility index (Phi) is 6.98. The molecule has 1 heterocycles. The third-order valence-electron chi connectivity index (χ3n) is 3.27. The molecule has 0 radical (unpaired) electrons. The average molecular weight is 284 g/mol. The van der Waals surface area contributed by atoms with Crippen LogP contribution in [0.15, 0.2) is 0 Å². The van der Waals surface area contributed by atoms with Crippen molar-refractivity contribution in [3.05, 3.63) is 11.3 Å². The van der Waals surface area contributed by atoms with Crippen LogP contribution < -0.4 is 10.6 Å². The van der Waals surface area contributed by atoms with Gasteiger partial charge in [-0.1, -0.05) is 0 Å². The Morgan fingerprint density at radius 3 is 2.25 bits per heavy atom. The van der Waals surface area contributed by atoms with Crippen LogP contribution in [0.4, 0.5) is 5.82 Å². The molecule has 1 rings (SSSR count). The van der Waals surface area contributed by atoms with Gasteiger partial charge in [0.15, 0.2) is 0 Å². The molecule has 6 heteroatoms. The summed E-state index contributed by atoms with van der Waals surface area (Å²) in [7, 11) is 5.40. The van der Waals surface area contributed by atoms with E-state index in [0.717, 1.165) is 31.0 Å². The summed E-state index contributed by atoms with van der Waals surface area (Å²) in [5.41, 5.74) is 8.23. The maximum atomic E-state index is 5.97. The molecule has 20 heavy (non-hydrogen) atoms. The van der Waals surface area contributed by atoms with Crippen molar-refractivity contribution in [3.8, 4) is 0 Å². The number of rotatable bonds is 9. The second-order valence-electron chi connectivity index (χ2n) is 5.17. The highest BCUT2D eigenvalue weighted by atomic mass is 16.5. The van der Waals surface area contributed by atoms with Crippen LogP contribution in [0, 0.1) is 6.92 Å². The number of nitrogens with zero attached hydrogens (tertiary/aromatic N) is 3. The largest absolute Gasteiger partial charge is 0.383 e. The Labute approximate surface area is 121 Å². The van der Waals surface area contributed by atoms with Gasteiger partial charge in [-0.25, -0.2) is 0 Å². The van der Waals surface area contributed by atoms with Gasteiger partial charge >= 0.3 is 0 Å². The topological polar surface area (TPSA) is 65.5 Å². The van der Waals surface area contributed by atoms with Gasteiger partial charge in [0.1, 0.15) is 5.82 Å². The molecule has 6 nitrogen and oxygen atoms in total. The molecule has 0 bridgehead atoms. The van der Waals surface area contributed by atoms with Crippen LogP contribution >= 0.6 is 0 Å². The van der Waals surface area contributed by atoms with E-state index in [9.17, 15) is 0 Å². The first-order valence-corrected chi connectivity index (χ1v) is 7.02. The highest BCUT2D eigenvalue weighted by Gasteiger charge is 2.20. The summed E-state index contributed by atoms with van der Waals surface area (Å²) < 4.78 is 12.3. The Morgan fingerprint density at radius 1 is 1.25 bits per heavy atom. The van der Waals surface area contributed by atoms with Crippen molar-refractivity contribution in [3.63, 3.8) is 0 Å². The lowest BCUT2D eigenvalue weighted by Gasteiger charge is -2.26. The van der Waals surface area contributed by atoms with Gasteiger partial charge in [-0.2, -0.15) is 5.10 Å². The highest BCUT2D eigenvalue weighted by Crippen LogP contribution is 2.24. The zero-order valence-electron chi connectivity index (χ0n) is 13.3. The SMILES string of the molecule is COCCN(CCOC)c1c(CC(C)N)c(C)nn1C. The minimum atomic E-state index is 0.114. The van der Waals surface area contributed by atoms with E-state index in [4.69, 9.17) is 15.2 Å². The molecule has 0 aromatic carbocycles. The van der Waals surface area contributed by atoms with Crippen LogP contribution in [0.2, 0.25) is 0 Å². The van der Waals surface area contributed by atoms with E-state index in [2.05, 4.69) is 10.00 Å². The maximum absolute atomic E-state index is 5.97. The molecule has 1 unspecified atom stereocenters. The van der Waals surface area contributed by atoms with Gasteiger partial charge in [-0.05, 0) is 20.3 Å². The number of hydrogen-bond acceptors (Lipinski definition) is 5. The normalized spacial score (nSPS) is 12.7. The van der Waals surface area contributed by atoms with Crippen LogP contribution in [0.5, 0.6) is 0 Å². The number of nitrogens with two attached hydrogens (primary N) is 1. The second-order valence-corrected chi connectivity index (χ2v) is 5.17. The lowest BCUT2D eigenvalue weighted by atomic mass is 10.1. The Hall–Kier alpha value is -1.11. The van der Waals surface area contributed by atoms with Gasteiger partial charge in [0.25, 0.3) is 0 Å². The quantitative estimate of drug-likeness (QED) is 0.724. The summed E-state index contributed by atoms with van der Waals surface area (Å²) in [6.45, 7) is 7.02. The fourth-order valence-corrected chi connectivity index (χ4v) is 2.37. The van der Waals surface area contributed by atoms with Crippen LogP contribution in [-0.2, 0) is 22.9 Å². The van der Waals surface area contributed by atoms with Gasteiger partial charge in [0.2, 0.25) is 0 Å². The van der Waals surface area contributed by atoms with Gasteiger partial charge in [-0.15, -0.1) is 0 Å². The number of ether oxygens (including phenoxy) is 2. The summed E-state index contributed by atoms with van der Waals surface area (Å²) in [4.78, 5) is 2.25. The van der Waals surface area contributed by atoms with E-state index in [1.807, 2.05) is 25.6 Å². The molecule has 1 aromatic heterocycles. The van der Waals surface area contributed by atoms with Crippen molar-refractivity contribution in [2.45, 2.75) is 26.3 Å². The molecule has 0 saturated heterocycles. The van der Waals surface area contributed by atoms with Gasteiger partial charge < -0.3 is 20.1 Å². The number of hydrogen-bond donors (Lipinski definition) is 1. The van der Waals surface area contributed by atoms with Crippen molar-refractivity contribution >= 4 is 5.82 Å². The van der Waals surface area contributed by atoms with E-state index in [1.54, 1.807) is 14.2 Å². The summed E-state index contributed by atoms with van der Waals surface area (Å²) in [5.74, 6) is 1.12. The van der Waals surface area contributed by atoms with E-state index >= 15 is 0 Å². The molecule has 0 aliphatic carbocycles. The highest BCUT2D eigenvalue weighted by molar-refractivity contribution is 5.50. The van der Waals surface area contributed by atoms with Crippen molar-refractivity contribution < 1.29 is 9.47 Å². The zero-order valence-corrected chi connectivity index (χ0v) is 13.3. The number of aromatic nitrogens is 2. The predicted molar refractivity (Wildman–Crippen MR) is 81.3 cm³/mol. The van der Waals surface area contributed by atoms with E-state index < -0.39 is 0 Å². The molecular weight excluding hydrogens is 256 g/mol. The van der Waals surface area contributed by atoms with E-state index in [-0.39, 0.29) is 6.04 Å². The third kappa shape index (κ3) is 4.47. The molecule has 1 atom stereocenters. The average Bonchev–Trinajstić information content (AvgIpc) is 2.65. The van der Waals surface area contributed by atoms with Crippen molar-refractivity contribution in [1.82, 2.24) is 9.78 Å². The number of aryl methyl sites for hydroxylation is 2. The van der Waals surface area contributed by atoms with Crippen LogP contribution in [-0.4, -0.2) is 56.3 Å². The van der Waals surface area contributed by atoms with Crippen LogP contribution in [0.3, 0.4) is 0 Å². The number of anilines is 1. The molecule has 0 aliphatic rings. The molecule has 2 N–H and O–H groups in total. The molecule has 116 valence electrons. The lowest BCUT2D eigenvalue weighted by molar-refractivity contribution is 0.189. The molecule has 0 fully saturated rings.